The largest absolute Gasteiger partial charge is 0.490 e. The lowest BCUT2D eigenvalue weighted by molar-refractivity contribution is -0.193. The maximum absolute atomic E-state index is 10.6. The molecule has 0 aromatic carbocycles. The molecular formula is C22H29F6N3O4. The summed E-state index contributed by atoms with van der Waals surface area (Å²) in [6.45, 7) is 7.76. The Kier molecular flexibility index (Phi) is 10.3. The number of pyridine rings is 1. The number of alkyl halides is 6. The summed E-state index contributed by atoms with van der Waals surface area (Å²) in [6.07, 6.45) is -0.365. The van der Waals surface area contributed by atoms with Crippen LogP contribution in [-0.2, 0) is 16.1 Å². The van der Waals surface area contributed by atoms with E-state index >= 15 is 0 Å². The SMILES string of the molecule is O=C(O)C(F)(F)F.O=C(O)C(F)(F)F.c1cncc(CN2C[C@@H]3CN(CC4CCCC4)C[C@@H]3C2)c1. The number of hydrogen-bond acceptors (Lipinski definition) is 5. The molecule has 4 rings (SSSR count). The van der Waals surface area contributed by atoms with Crippen molar-refractivity contribution in [2.24, 2.45) is 17.8 Å². The zero-order valence-electron chi connectivity index (χ0n) is 18.9. The Hall–Kier alpha value is -2.41. The quantitative estimate of drug-likeness (QED) is 0.590. The van der Waals surface area contributed by atoms with E-state index in [2.05, 4.69) is 26.9 Å². The van der Waals surface area contributed by atoms with Crippen molar-refractivity contribution in [3.05, 3.63) is 30.1 Å². The summed E-state index contributed by atoms with van der Waals surface area (Å²) >= 11 is 0. The zero-order valence-corrected chi connectivity index (χ0v) is 18.9. The van der Waals surface area contributed by atoms with Crippen LogP contribution in [0.4, 0.5) is 26.3 Å². The number of aliphatic carboxylic acids is 2. The topological polar surface area (TPSA) is 94.0 Å². The molecule has 7 nitrogen and oxygen atoms in total. The van der Waals surface area contributed by atoms with Crippen LogP contribution in [0.25, 0.3) is 0 Å². The van der Waals surface area contributed by atoms with Gasteiger partial charge in [-0.05, 0) is 42.2 Å². The molecule has 1 saturated carbocycles. The first-order chi connectivity index (χ1) is 16.3. The lowest BCUT2D eigenvalue weighted by Crippen LogP contribution is -2.31. The molecule has 0 bridgehead atoms. The molecule has 1 aromatic heterocycles. The molecule has 3 aliphatic rings. The Bertz CT molecular complexity index is 778. The molecular weight excluding hydrogens is 484 g/mol. The minimum Gasteiger partial charge on any atom is -0.475 e. The maximum atomic E-state index is 10.6. The number of rotatable bonds is 4. The highest BCUT2D eigenvalue weighted by Crippen LogP contribution is 2.34. The van der Waals surface area contributed by atoms with E-state index < -0.39 is 24.3 Å². The predicted molar refractivity (Wildman–Crippen MR) is 112 cm³/mol. The third-order valence-corrected chi connectivity index (χ3v) is 6.24. The molecule has 2 atom stereocenters. The highest BCUT2D eigenvalue weighted by atomic mass is 19.4. The van der Waals surface area contributed by atoms with Crippen LogP contribution in [0.5, 0.6) is 0 Å². The minimum atomic E-state index is -5.08. The van der Waals surface area contributed by atoms with Gasteiger partial charge >= 0.3 is 24.3 Å². The molecule has 0 amide bonds. The molecule has 0 unspecified atom stereocenters. The Morgan fingerprint density at radius 1 is 0.886 bits per heavy atom. The summed E-state index contributed by atoms with van der Waals surface area (Å²) in [7, 11) is 0. The highest BCUT2D eigenvalue weighted by Gasteiger charge is 2.40. The predicted octanol–water partition coefficient (Wildman–Crippen LogP) is 3.90. The average molecular weight is 513 g/mol. The van der Waals surface area contributed by atoms with Crippen molar-refractivity contribution in [2.45, 2.75) is 44.6 Å². The van der Waals surface area contributed by atoms with Gasteiger partial charge in [-0.15, -0.1) is 0 Å². The van der Waals surface area contributed by atoms with Crippen molar-refractivity contribution in [2.75, 3.05) is 32.7 Å². The smallest absolute Gasteiger partial charge is 0.475 e. The second-order valence-electron chi connectivity index (χ2n) is 9.05. The first kappa shape index (κ1) is 28.8. The number of aromatic nitrogens is 1. The zero-order chi connectivity index (χ0) is 26.2. The van der Waals surface area contributed by atoms with Gasteiger partial charge in [-0.1, -0.05) is 18.9 Å². The summed E-state index contributed by atoms with van der Waals surface area (Å²) in [5.41, 5.74) is 1.36. The number of likely N-dealkylation sites (tertiary alicyclic amines) is 2. The molecule has 1 aromatic rings. The number of carboxylic acid groups (broad SMARTS) is 2. The monoisotopic (exact) mass is 513 g/mol. The average Bonchev–Trinajstić information content (AvgIpc) is 3.46. The van der Waals surface area contributed by atoms with Gasteiger partial charge < -0.3 is 15.1 Å². The fourth-order valence-electron chi connectivity index (χ4n) is 4.77. The van der Waals surface area contributed by atoms with E-state index in [0.717, 1.165) is 24.3 Å². The number of hydrogen-bond donors (Lipinski definition) is 2. The number of fused-ring (bicyclic) bond motifs is 1. The second-order valence-corrected chi connectivity index (χ2v) is 9.05. The molecule has 198 valence electrons. The van der Waals surface area contributed by atoms with Crippen molar-refractivity contribution < 1.29 is 46.1 Å². The molecule has 35 heavy (non-hydrogen) atoms. The summed E-state index contributed by atoms with van der Waals surface area (Å²) in [6, 6.07) is 4.25. The second kappa shape index (κ2) is 12.5. The number of carbonyl (C=O) groups is 2. The van der Waals surface area contributed by atoms with E-state index in [1.54, 1.807) is 0 Å². The first-order valence-electron chi connectivity index (χ1n) is 11.2. The van der Waals surface area contributed by atoms with E-state index in [1.165, 1.54) is 64.0 Å². The van der Waals surface area contributed by atoms with Crippen LogP contribution >= 0.6 is 0 Å². The number of halogens is 6. The van der Waals surface area contributed by atoms with Crippen molar-refractivity contribution in [3.8, 4) is 0 Å². The minimum absolute atomic E-state index is 0.920. The normalized spacial score (nSPS) is 23.1. The molecule has 2 saturated heterocycles. The Morgan fingerprint density at radius 2 is 1.34 bits per heavy atom. The molecule has 2 N–H and O–H groups in total. The summed E-state index contributed by atoms with van der Waals surface area (Å²) < 4.78 is 63.5. The molecule has 3 heterocycles. The molecule has 0 spiro atoms. The van der Waals surface area contributed by atoms with Crippen LogP contribution < -0.4 is 0 Å². The van der Waals surface area contributed by atoms with Gasteiger partial charge in [0.1, 0.15) is 0 Å². The molecule has 2 aliphatic heterocycles. The maximum Gasteiger partial charge on any atom is 0.490 e. The Balaban J connectivity index is 0.000000257. The Morgan fingerprint density at radius 3 is 1.74 bits per heavy atom. The fourth-order valence-corrected chi connectivity index (χ4v) is 4.77. The van der Waals surface area contributed by atoms with Gasteiger partial charge in [0, 0.05) is 51.7 Å². The van der Waals surface area contributed by atoms with E-state index in [9.17, 15) is 26.3 Å². The van der Waals surface area contributed by atoms with Gasteiger partial charge in [0.25, 0.3) is 0 Å². The third kappa shape index (κ3) is 10.0. The van der Waals surface area contributed by atoms with E-state index in [4.69, 9.17) is 19.8 Å². The van der Waals surface area contributed by atoms with Gasteiger partial charge in [0.2, 0.25) is 0 Å². The van der Waals surface area contributed by atoms with Crippen LogP contribution in [0, 0.1) is 17.8 Å². The Labute approximate surface area is 198 Å². The lowest BCUT2D eigenvalue weighted by atomic mass is 10.0. The lowest BCUT2D eigenvalue weighted by Gasteiger charge is -2.23. The number of carboxylic acids is 2. The highest BCUT2D eigenvalue weighted by molar-refractivity contribution is 5.73. The van der Waals surface area contributed by atoms with Crippen molar-refractivity contribution in [1.29, 1.82) is 0 Å². The summed E-state index contributed by atoms with van der Waals surface area (Å²) in [5, 5.41) is 14.2. The van der Waals surface area contributed by atoms with Gasteiger partial charge in [-0.3, -0.25) is 9.88 Å². The van der Waals surface area contributed by atoms with Crippen LogP contribution in [0.2, 0.25) is 0 Å². The third-order valence-electron chi connectivity index (χ3n) is 6.24. The van der Waals surface area contributed by atoms with E-state index in [0.29, 0.717) is 0 Å². The summed E-state index contributed by atoms with van der Waals surface area (Å²) in [4.78, 5) is 27.4. The molecule has 13 heteroatoms. The fraction of sp³-hybridized carbons (Fsp3) is 0.682. The van der Waals surface area contributed by atoms with E-state index in [1.807, 2.05) is 12.4 Å². The van der Waals surface area contributed by atoms with E-state index in [-0.39, 0.29) is 0 Å². The molecule has 0 radical (unpaired) electrons. The number of nitrogens with zero attached hydrogens (tertiary/aromatic N) is 3. The van der Waals surface area contributed by atoms with Crippen LogP contribution in [-0.4, -0.2) is 82.0 Å². The summed E-state index contributed by atoms with van der Waals surface area (Å²) in [5.74, 6) is -2.67. The van der Waals surface area contributed by atoms with Crippen LogP contribution in [0.15, 0.2) is 24.5 Å². The first-order valence-corrected chi connectivity index (χ1v) is 11.2. The van der Waals surface area contributed by atoms with Gasteiger partial charge in [-0.25, -0.2) is 9.59 Å². The molecule has 3 fully saturated rings. The van der Waals surface area contributed by atoms with Crippen LogP contribution in [0.3, 0.4) is 0 Å². The standard InChI is InChI=1S/C18H27N3.2C2HF3O2/c1-2-5-15(4-1)9-20-11-17-13-21(14-18(17)12-20)10-16-6-3-7-19-8-16;2*3-2(4,5)1(6)7/h3,6-8,15,17-18H,1-2,4-5,9-14H2;2*(H,6,7)/t17-,18+;;. The van der Waals surface area contributed by atoms with Crippen LogP contribution in [0.1, 0.15) is 31.2 Å². The van der Waals surface area contributed by atoms with Crippen molar-refractivity contribution in [1.82, 2.24) is 14.8 Å². The van der Waals surface area contributed by atoms with Crippen molar-refractivity contribution in [3.63, 3.8) is 0 Å². The van der Waals surface area contributed by atoms with Gasteiger partial charge in [0.05, 0.1) is 0 Å². The van der Waals surface area contributed by atoms with Gasteiger partial charge in [0.15, 0.2) is 0 Å². The van der Waals surface area contributed by atoms with Gasteiger partial charge in [-0.2, -0.15) is 26.3 Å². The van der Waals surface area contributed by atoms with Crippen molar-refractivity contribution >= 4 is 11.9 Å². The molecule has 1 aliphatic carbocycles.